The van der Waals surface area contributed by atoms with Gasteiger partial charge in [0.05, 0.1) is 12.1 Å². The minimum atomic E-state index is -0.277. The number of nitrogens with one attached hydrogen (secondary N) is 1. The number of nitrogens with zero attached hydrogens (tertiary/aromatic N) is 1. The summed E-state index contributed by atoms with van der Waals surface area (Å²) in [5.74, 6) is 0.194. The Morgan fingerprint density at radius 3 is 2.75 bits per heavy atom. The van der Waals surface area contributed by atoms with Gasteiger partial charge in [-0.3, -0.25) is 0 Å². The predicted octanol–water partition coefficient (Wildman–Crippen LogP) is 2.71. The van der Waals surface area contributed by atoms with Crippen molar-refractivity contribution < 1.29 is 14.6 Å². The van der Waals surface area contributed by atoms with Crippen molar-refractivity contribution in [3.05, 3.63) is 35.9 Å². The number of aliphatic hydroxyl groups excluding tert-OH is 1. The van der Waals surface area contributed by atoms with Crippen LogP contribution in [0.15, 0.2) is 30.3 Å². The number of ether oxygens (including phenoxy) is 1. The molecule has 132 valence electrons. The lowest BCUT2D eigenvalue weighted by molar-refractivity contribution is 0.0555. The Hall–Kier alpha value is -1.59. The fourth-order valence-electron chi connectivity index (χ4n) is 3.81. The summed E-state index contributed by atoms with van der Waals surface area (Å²) in [5, 5.41) is 13.2. The quantitative estimate of drug-likeness (QED) is 0.891. The van der Waals surface area contributed by atoms with Gasteiger partial charge in [-0.2, -0.15) is 0 Å². The first-order valence-corrected chi connectivity index (χ1v) is 9.01. The van der Waals surface area contributed by atoms with Gasteiger partial charge < -0.3 is 20.1 Å². The second-order valence-corrected chi connectivity index (χ2v) is 7.04. The number of amides is 2. The van der Waals surface area contributed by atoms with Crippen LogP contribution in [-0.2, 0) is 4.74 Å². The van der Waals surface area contributed by atoms with Crippen LogP contribution in [-0.4, -0.2) is 48.4 Å². The molecule has 5 nitrogen and oxygen atoms in total. The van der Waals surface area contributed by atoms with E-state index in [4.69, 9.17) is 4.74 Å². The zero-order chi connectivity index (χ0) is 16.9. The predicted molar refractivity (Wildman–Crippen MR) is 92.7 cm³/mol. The van der Waals surface area contributed by atoms with Crippen molar-refractivity contribution in [2.45, 2.75) is 50.4 Å². The maximum absolute atomic E-state index is 12.5. The van der Waals surface area contributed by atoms with Gasteiger partial charge in [-0.25, -0.2) is 4.79 Å². The summed E-state index contributed by atoms with van der Waals surface area (Å²) in [7, 11) is 1.81. The Morgan fingerprint density at radius 2 is 2.00 bits per heavy atom. The van der Waals surface area contributed by atoms with E-state index in [2.05, 4.69) is 5.32 Å². The number of urea groups is 1. The van der Waals surface area contributed by atoms with Gasteiger partial charge >= 0.3 is 6.03 Å². The smallest absolute Gasteiger partial charge is 0.317 e. The van der Waals surface area contributed by atoms with Crippen molar-refractivity contribution in [3.63, 3.8) is 0 Å². The van der Waals surface area contributed by atoms with E-state index in [0.29, 0.717) is 13.2 Å². The maximum Gasteiger partial charge on any atom is 0.317 e. The first-order valence-electron chi connectivity index (χ1n) is 9.01. The van der Waals surface area contributed by atoms with Crippen molar-refractivity contribution in [2.75, 3.05) is 20.2 Å². The largest absolute Gasteiger partial charge is 0.393 e. The molecule has 1 heterocycles. The molecule has 2 aliphatic rings. The lowest BCUT2D eigenvalue weighted by Crippen LogP contribution is -2.47. The fraction of sp³-hybridized carbons (Fsp3) is 0.632. The van der Waals surface area contributed by atoms with Crippen molar-refractivity contribution in [3.8, 4) is 0 Å². The molecule has 1 aliphatic carbocycles. The summed E-state index contributed by atoms with van der Waals surface area (Å²) >= 11 is 0. The third-order valence-corrected chi connectivity index (χ3v) is 5.25. The number of hydrogen-bond donors (Lipinski definition) is 2. The molecule has 0 bridgehead atoms. The summed E-state index contributed by atoms with van der Waals surface area (Å²) in [6.07, 6.45) is 4.55. The third-order valence-electron chi connectivity index (χ3n) is 5.25. The van der Waals surface area contributed by atoms with Gasteiger partial charge in [-0.15, -0.1) is 0 Å². The summed E-state index contributed by atoms with van der Waals surface area (Å²) < 4.78 is 5.83. The van der Waals surface area contributed by atoms with Crippen LogP contribution >= 0.6 is 0 Å². The minimum absolute atomic E-state index is 0.00127. The standard InChI is InChI=1S/C19H28N2O3/c1-21(13-15-9-5-6-10-17(15)22)19(23)20-16-11-12-24-18(16)14-7-3-2-4-8-14/h2-4,7-8,15-18,22H,5-6,9-13H2,1H3,(H,20,23). The highest BCUT2D eigenvalue weighted by Gasteiger charge is 2.32. The van der Waals surface area contributed by atoms with E-state index < -0.39 is 0 Å². The molecule has 0 aromatic heterocycles. The molecule has 1 saturated carbocycles. The Kier molecular flexibility index (Phi) is 5.74. The fourth-order valence-corrected chi connectivity index (χ4v) is 3.81. The van der Waals surface area contributed by atoms with E-state index >= 15 is 0 Å². The molecule has 0 radical (unpaired) electrons. The molecule has 3 rings (SSSR count). The molecule has 5 heteroatoms. The first kappa shape index (κ1) is 17.2. The molecule has 2 amide bonds. The van der Waals surface area contributed by atoms with Crippen LogP contribution in [0.25, 0.3) is 0 Å². The van der Waals surface area contributed by atoms with Crippen molar-refractivity contribution in [1.29, 1.82) is 0 Å². The van der Waals surface area contributed by atoms with Crippen LogP contribution in [0.3, 0.4) is 0 Å². The maximum atomic E-state index is 12.5. The molecular weight excluding hydrogens is 304 g/mol. The molecule has 24 heavy (non-hydrogen) atoms. The molecule has 1 aliphatic heterocycles. The highest BCUT2D eigenvalue weighted by atomic mass is 16.5. The van der Waals surface area contributed by atoms with Crippen LogP contribution in [0.5, 0.6) is 0 Å². The lowest BCUT2D eigenvalue weighted by Gasteiger charge is -2.32. The van der Waals surface area contributed by atoms with Gasteiger partial charge in [0.2, 0.25) is 0 Å². The topological polar surface area (TPSA) is 61.8 Å². The Morgan fingerprint density at radius 1 is 1.25 bits per heavy atom. The second kappa shape index (κ2) is 7.99. The Labute approximate surface area is 144 Å². The average molecular weight is 332 g/mol. The second-order valence-electron chi connectivity index (χ2n) is 7.04. The highest BCUT2D eigenvalue weighted by molar-refractivity contribution is 5.74. The summed E-state index contributed by atoms with van der Waals surface area (Å²) in [6, 6.07) is 9.96. The number of benzene rings is 1. The molecule has 1 aromatic rings. The van der Waals surface area contributed by atoms with E-state index in [0.717, 1.165) is 37.7 Å². The molecule has 2 N–H and O–H groups in total. The SMILES string of the molecule is CN(CC1CCCCC1O)C(=O)NC1CCOC1c1ccccc1. The van der Waals surface area contributed by atoms with Crippen LogP contribution in [0.2, 0.25) is 0 Å². The van der Waals surface area contributed by atoms with Crippen LogP contribution in [0.1, 0.15) is 43.8 Å². The minimum Gasteiger partial charge on any atom is -0.393 e. The zero-order valence-electron chi connectivity index (χ0n) is 14.4. The van der Waals surface area contributed by atoms with Crippen molar-refractivity contribution in [2.24, 2.45) is 5.92 Å². The third kappa shape index (κ3) is 4.08. The van der Waals surface area contributed by atoms with Crippen molar-refractivity contribution >= 4 is 6.03 Å². The molecule has 4 atom stereocenters. The van der Waals surface area contributed by atoms with Gasteiger partial charge in [0.1, 0.15) is 6.10 Å². The van der Waals surface area contributed by atoms with E-state index in [1.54, 1.807) is 4.90 Å². The molecule has 1 aromatic carbocycles. The van der Waals surface area contributed by atoms with Crippen molar-refractivity contribution in [1.82, 2.24) is 10.2 Å². The average Bonchev–Trinajstić information content (AvgIpc) is 3.05. The Balaban J connectivity index is 1.55. The van der Waals surface area contributed by atoms with Crippen LogP contribution < -0.4 is 5.32 Å². The van der Waals surface area contributed by atoms with Crippen LogP contribution in [0, 0.1) is 5.92 Å². The molecule has 2 fully saturated rings. The number of aliphatic hydroxyl groups is 1. The molecule has 0 spiro atoms. The van der Waals surface area contributed by atoms with E-state index in [9.17, 15) is 9.90 Å². The van der Waals surface area contributed by atoms with E-state index in [1.165, 1.54) is 0 Å². The number of carbonyl (C=O) groups excluding carboxylic acids is 1. The monoisotopic (exact) mass is 332 g/mol. The summed E-state index contributed by atoms with van der Waals surface area (Å²) in [6.45, 7) is 1.27. The van der Waals surface area contributed by atoms with Gasteiger partial charge in [-0.1, -0.05) is 43.2 Å². The van der Waals surface area contributed by atoms with Crippen LogP contribution in [0.4, 0.5) is 4.79 Å². The van der Waals surface area contributed by atoms with Gasteiger partial charge in [0.15, 0.2) is 0 Å². The summed E-state index contributed by atoms with van der Waals surface area (Å²) in [5.41, 5.74) is 1.10. The zero-order valence-corrected chi connectivity index (χ0v) is 14.4. The van der Waals surface area contributed by atoms with Gasteiger partial charge in [-0.05, 0) is 24.8 Å². The summed E-state index contributed by atoms with van der Waals surface area (Å²) in [4.78, 5) is 14.2. The number of rotatable bonds is 4. The van der Waals surface area contributed by atoms with E-state index in [1.807, 2.05) is 37.4 Å². The highest BCUT2D eigenvalue weighted by Crippen LogP contribution is 2.29. The molecule has 4 unspecified atom stereocenters. The van der Waals surface area contributed by atoms with E-state index in [-0.39, 0.29) is 30.2 Å². The first-order chi connectivity index (χ1) is 11.6. The molecule has 1 saturated heterocycles. The lowest BCUT2D eigenvalue weighted by atomic mass is 9.86. The number of hydrogen-bond acceptors (Lipinski definition) is 3. The number of carbonyl (C=O) groups is 1. The van der Waals surface area contributed by atoms with Gasteiger partial charge in [0, 0.05) is 26.1 Å². The van der Waals surface area contributed by atoms with Gasteiger partial charge in [0.25, 0.3) is 0 Å². The molecular formula is C19H28N2O3. The normalized spacial score (nSPS) is 30.1. The Bertz CT molecular complexity index is 537.